The van der Waals surface area contributed by atoms with Gasteiger partial charge in [0, 0.05) is 5.69 Å². The summed E-state index contributed by atoms with van der Waals surface area (Å²) in [4.78, 5) is 24.2. The summed E-state index contributed by atoms with van der Waals surface area (Å²) in [6, 6.07) is 7.03. The number of amides is 1. The summed E-state index contributed by atoms with van der Waals surface area (Å²) < 4.78 is 5.08. The van der Waals surface area contributed by atoms with Crippen LogP contribution in [0.5, 0.6) is 5.75 Å². The molecule has 0 aliphatic heterocycles. The molecule has 4 rings (SSSR count). The molecule has 1 amide bonds. The van der Waals surface area contributed by atoms with E-state index in [1.165, 1.54) is 0 Å². The maximum Gasteiger partial charge on any atom is 0.307 e. The van der Waals surface area contributed by atoms with E-state index in [0.29, 0.717) is 11.4 Å². The molecule has 3 aliphatic rings. The van der Waals surface area contributed by atoms with Crippen molar-refractivity contribution in [1.82, 2.24) is 0 Å². The largest absolute Gasteiger partial charge is 0.497 e. The van der Waals surface area contributed by atoms with Gasteiger partial charge in [-0.25, -0.2) is 0 Å². The number of methoxy groups -OCH3 is 1. The van der Waals surface area contributed by atoms with Crippen LogP contribution in [0.1, 0.15) is 12.8 Å². The Kier molecular flexibility index (Phi) is 3.88. The zero-order valence-electron chi connectivity index (χ0n) is 12.4. The minimum Gasteiger partial charge on any atom is -0.497 e. The Hall–Kier alpha value is -2.30. The highest BCUT2D eigenvalue weighted by atomic mass is 16.5. The van der Waals surface area contributed by atoms with E-state index in [4.69, 9.17) is 4.74 Å². The van der Waals surface area contributed by atoms with Gasteiger partial charge in [0.25, 0.3) is 0 Å². The zero-order valence-corrected chi connectivity index (χ0v) is 12.4. The Morgan fingerprint density at radius 2 is 1.68 bits per heavy atom. The molecule has 5 nitrogen and oxygen atoms in total. The lowest BCUT2D eigenvalue weighted by atomic mass is 9.62. The molecule has 0 heterocycles. The van der Waals surface area contributed by atoms with E-state index in [9.17, 15) is 14.7 Å². The maximum absolute atomic E-state index is 12.6. The topological polar surface area (TPSA) is 75.6 Å². The summed E-state index contributed by atoms with van der Waals surface area (Å²) in [5.74, 6) is -1.52. The molecule has 0 unspecified atom stereocenters. The van der Waals surface area contributed by atoms with Crippen LogP contribution in [0.2, 0.25) is 0 Å². The molecular weight excluding hydrogens is 282 g/mol. The van der Waals surface area contributed by atoms with Crippen LogP contribution >= 0.6 is 0 Å². The van der Waals surface area contributed by atoms with Crippen molar-refractivity contribution in [2.75, 3.05) is 12.4 Å². The molecular formula is C17H19NO4. The molecule has 1 fully saturated rings. The number of rotatable bonds is 4. The van der Waals surface area contributed by atoms with Gasteiger partial charge in [0.2, 0.25) is 5.91 Å². The second-order valence-electron chi connectivity index (χ2n) is 5.90. The van der Waals surface area contributed by atoms with E-state index in [-0.39, 0.29) is 17.7 Å². The lowest BCUT2D eigenvalue weighted by Gasteiger charge is -2.41. The lowest BCUT2D eigenvalue weighted by molar-refractivity contribution is -0.151. The SMILES string of the molecule is COc1ccc(NC(=O)[C@H]2[C@@H](C(=O)O)[C@H]3C=C[C@H]2CC3)cc1. The van der Waals surface area contributed by atoms with Crippen molar-refractivity contribution in [3.05, 3.63) is 36.4 Å². The number of allylic oxidation sites excluding steroid dienone is 2. The van der Waals surface area contributed by atoms with E-state index >= 15 is 0 Å². The molecule has 0 radical (unpaired) electrons. The molecule has 0 saturated heterocycles. The molecule has 2 bridgehead atoms. The predicted molar refractivity (Wildman–Crippen MR) is 81.6 cm³/mol. The van der Waals surface area contributed by atoms with Crippen LogP contribution in [0.15, 0.2) is 36.4 Å². The molecule has 0 aromatic heterocycles. The van der Waals surface area contributed by atoms with Crippen LogP contribution in [0.4, 0.5) is 5.69 Å². The summed E-state index contributed by atoms with van der Waals surface area (Å²) in [5.41, 5.74) is 0.653. The Balaban J connectivity index is 1.78. The molecule has 0 spiro atoms. The average molecular weight is 301 g/mol. The highest BCUT2D eigenvalue weighted by molar-refractivity contribution is 5.96. The van der Waals surface area contributed by atoms with E-state index < -0.39 is 17.8 Å². The number of hydrogen-bond acceptors (Lipinski definition) is 3. The number of fused-ring (bicyclic) bond motifs is 2. The van der Waals surface area contributed by atoms with Crippen molar-refractivity contribution in [2.24, 2.45) is 23.7 Å². The third-order valence-electron chi connectivity index (χ3n) is 4.69. The molecule has 1 saturated carbocycles. The fourth-order valence-corrected chi connectivity index (χ4v) is 3.59. The molecule has 5 heteroatoms. The van der Waals surface area contributed by atoms with Gasteiger partial charge in [-0.15, -0.1) is 0 Å². The van der Waals surface area contributed by atoms with E-state index in [0.717, 1.165) is 12.8 Å². The highest BCUT2D eigenvalue weighted by Gasteiger charge is 2.48. The second-order valence-corrected chi connectivity index (χ2v) is 5.90. The summed E-state index contributed by atoms with van der Waals surface area (Å²) in [5, 5.41) is 12.3. The number of carbonyl (C=O) groups is 2. The van der Waals surface area contributed by atoms with Crippen molar-refractivity contribution in [2.45, 2.75) is 12.8 Å². The van der Waals surface area contributed by atoms with Gasteiger partial charge in [-0.2, -0.15) is 0 Å². The van der Waals surface area contributed by atoms with Crippen LogP contribution in [-0.2, 0) is 9.59 Å². The summed E-state index contributed by atoms with van der Waals surface area (Å²) >= 11 is 0. The molecule has 2 N–H and O–H groups in total. The molecule has 1 aromatic carbocycles. The van der Waals surface area contributed by atoms with Gasteiger partial charge < -0.3 is 15.2 Å². The van der Waals surface area contributed by atoms with Gasteiger partial charge >= 0.3 is 5.97 Å². The molecule has 116 valence electrons. The first kappa shape index (κ1) is 14.6. The summed E-state index contributed by atoms with van der Waals surface area (Å²) in [7, 11) is 1.58. The first-order chi connectivity index (χ1) is 10.6. The number of hydrogen-bond donors (Lipinski definition) is 2. The van der Waals surface area contributed by atoms with Crippen molar-refractivity contribution in [3.63, 3.8) is 0 Å². The van der Waals surface area contributed by atoms with E-state index in [2.05, 4.69) is 5.32 Å². The minimum absolute atomic E-state index is 0.0179. The van der Waals surface area contributed by atoms with E-state index in [1.54, 1.807) is 31.4 Å². The smallest absolute Gasteiger partial charge is 0.307 e. The predicted octanol–water partition coefficient (Wildman–Crippen LogP) is 2.55. The van der Waals surface area contributed by atoms with Gasteiger partial charge in [-0.3, -0.25) is 9.59 Å². The summed E-state index contributed by atoms with van der Waals surface area (Å²) in [6.07, 6.45) is 5.70. The Morgan fingerprint density at radius 3 is 2.18 bits per heavy atom. The first-order valence-electron chi connectivity index (χ1n) is 7.46. The molecule has 4 atom stereocenters. The number of anilines is 1. The number of benzene rings is 1. The Bertz CT molecular complexity index is 608. The standard InChI is InChI=1S/C17H19NO4/c1-22-13-8-6-12(7-9-13)18-16(19)14-10-2-4-11(5-3-10)15(14)17(20)21/h2,4,6-11,14-15H,3,5H2,1H3,(H,18,19)(H,20,21)/t10-,11-,14+,15-/m0/s1. The van der Waals surface area contributed by atoms with Crippen LogP contribution < -0.4 is 10.1 Å². The number of aliphatic carboxylic acids is 1. The number of nitrogens with one attached hydrogen (secondary N) is 1. The van der Waals surface area contributed by atoms with Crippen LogP contribution in [0.3, 0.4) is 0 Å². The average Bonchev–Trinajstić information content (AvgIpc) is 2.55. The molecule has 1 aromatic rings. The minimum atomic E-state index is -0.881. The number of carboxylic acid groups (broad SMARTS) is 1. The lowest BCUT2D eigenvalue weighted by Crippen LogP contribution is -2.47. The zero-order chi connectivity index (χ0) is 15.7. The number of carboxylic acids is 1. The third-order valence-corrected chi connectivity index (χ3v) is 4.69. The van der Waals surface area contributed by atoms with Crippen LogP contribution in [-0.4, -0.2) is 24.1 Å². The molecule has 3 aliphatic carbocycles. The monoisotopic (exact) mass is 301 g/mol. The number of carbonyl (C=O) groups excluding carboxylic acids is 1. The van der Waals surface area contributed by atoms with Crippen molar-refractivity contribution in [3.8, 4) is 5.75 Å². The highest BCUT2D eigenvalue weighted by Crippen LogP contribution is 2.45. The van der Waals surface area contributed by atoms with E-state index in [1.807, 2.05) is 12.2 Å². The maximum atomic E-state index is 12.6. The van der Waals surface area contributed by atoms with Gasteiger partial charge in [0.05, 0.1) is 18.9 Å². The third kappa shape index (κ3) is 2.58. The Labute approximate surface area is 129 Å². The fourth-order valence-electron chi connectivity index (χ4n) is 3.59. The van der Waals surface area contributed by atoms with Gasteiger partial charge in [0.1, 0.15) is 5.75 Å². The van der Waals surface area contributed by atoms with Gasteiger partial charge in [-0.05, 0) is 48.9 Å². The normalized spacial score (nSPS) is 29.1. The van der Waals surface area contributed by atoms with Crippen molar-refractivity contribution < 1.29 is 19.4 Å². The Morgan fingerprint density at radius 1 is 1.09 bits per heavy atom. The van der Waals surface area contributed by atoms with Crippen molar-refractivity contribution in [1.29, 1.82) is 0 Å². The van der Waals surface area contributed by atoms with Crippen LogP contribution in [0, 0.1) is 23.7 Å². The quantitative estimate of drug-likeness (QED) is 0.838. The number of ether oxygens (including phenoxy) is 1. The van der Waals surface area contributed by atoms with Crippen LogP contribution in [0.25, 0.3) is 0 Å². The fraction of sp³-hybridized carbons (Fsp3) is 0.412. The molecule has 22 heavy (non-hydrogen) atoms. The first-order valence-corrected chi connectivity index (χ1v) is 7.46. The van der Waals surface area contributed by atoms with Gasteiger partial charge in [0.15, 0.2) is 0 Å². The van der Waals surface area contributed by atoms with Crippen molar-refractivity contribution >= 4 is 17.6 Å². The van der Waals surface area contributed by atoms with Gasteiger partial charge in [-0.1, -0.05) is 12.2 Å². The second kappa shape index (κ2) is 5.83. The summed E-state index contributed by atoms with van der Waals surface area (Å²) in [6.45, 7) is 0.